The zero-order valence-corrected chi connectivity index (χ0v) is 18.9. The lowest BCUT2D eigenvalue weighted by molar-refractivity contribution is -0.122. The number of amides is 1. The molecule has 1 amide bonds. The maximum absolute atomic E-state index is 13.2. The van der Waals surface area contributed by atoms with E-state index in [1.807, 2.05) is 30.3 Å². The van der Waals surface area contributed by atoms with E-state index in [4.69, 9.17) is 17.0 Å². The van der Waals surface area contributed by atoms with Crippen LogP contribution in [-0.2, 0) is 11.3 Å². The summed E-state index contributed by atoms with van der Waals surface area (Å²) in [6.45, 7) is 4.46. The summed E-state index contributed by atoms with van der Waals surface area (Å²) in [5.41, 5.74) is 1.44. The molecule has 0 atom stereocenters. The lowest BCUT2D eigenvalue weighted by atomic mass is 10.2. The molecule has 0 unspecified atom stereocenters. The average molecular weight is 465 g/mol. The number of ether oxygens (including phenoxy) is 1. The third-order valence-electron chi connectivity index (χ3n) is 4.83. The lowest BCUT2D eigenvalue weighted by Crippen LogP contribution is -2.27. The minimum atomic E-state index is -0.275. The standard InChI is InChI=1S/C23H20N4O3S2/c1-3-11-24-20-17(21(28)26-12-5-4-6-19(26)25-20)13-18-22(29)27(23(31)32-18)14-15-7-9-16(30-2)10-8-15/h3-10,12-13,24H,1,11,14H2,2H3/b18-13+. The number of carbonyl (C=O) groups excluding carboxylic acids is 1. The van der Waals surface area contributed by atoms with Gasteiger partial charge in [0.2, 0.25) is 0 Å². The Hall–Kier alpha value is -3.43. The van der Waals surface area contributed by atoms with Crippen LogP contribution < -0.4 is 15.6 Å². The van der Waals surface area contributed by atoms with Gasteiger partial charge in [0.05, 0.1) is 24.1 Å². The van der Waals surface area contributed by atoms with Gasteiger partial charge >= 0.3 is 0 Å². The number of rotatable bonds is 7. The fourth-order valence-corrected chi connectivity index (χ4v) is 4.45. The second-order valence-corrected chi connectivity index (χ2v) is 8.57. The van der Waals surface area contributed by atoms with Gasteiger partial charge in [-0.2, -0.15) is 0 Å². The Morgan fingerprint density at radius 1 is 1.22 bits per heavy atom. The lowest BCUT2D eigenvalue weighted by Gasteiger charge is -2.14. The minimum Gasteiger partial charge on any atom is -0.497 e. The monoisotopic (exact) mass is 464 g/mol. The first-order valence-electron chi connectivity index (χ1n) is 9.76. The number of nitrogens with one attached hydrogen (secondary N) is 1. The van der Waals surface area contributed by atoms with Crippen molar-refractivity contribution in [1.29, 1.82) is 0 Å². The number of methoxy groups -OCH3 is 1. The Labute approximate surface area is 194 Å². The molecule has 1 aliphatic heterocycles. The maximum atomic E-state index is 13.2. The quantitative estimate of drug-likeness (QED) is 0.325. The van der Waals surface area contributed by atoms with Crippen molar-refractivity contribution in [2.24, 2.45) is 0 Å². The molecular weight excluding hydrogens is 444 g/mol. The van der Waals surface area contributed by atoms with Crippen molar-refractivity contribution in [3.63, 3.8) is 0 Å². The molecule has 0 saturated carbocycles. The van der Waals surface area contributed by atoms with E-state index in [0.717, 1.165) is 11.3 Å². The highest BCUT2D eigenvalue weighted by molar-refractivity contribution is 8.26. The second-order valence-electron chi connectivity index (χ2n) is 6.89. The van der Waals surface area contributed by atoms with Crippen molar-refractivity contribution in [2.75, 3.05) is 19.0 Å². The van der Waals surface area contributed by atoms with Gasteiger partial charge in [0.1, 0.15) is 21.5 Å². The predicted molar refractivity (Wildman–Crippen MR) is 132 cm³/mol. The summed E-state index contributed by atoms with van der Waals surface area (Å²) in [4.78, 5) is 32.7. The summed E-state index contributed by atoms with van der Waals surface area (Å²) in [6.07, 6.45) is 4.88. The van der Waals surface area contributed by atoms with Gasteiger partial charge in [-0.1, -0.05) is 48.3 Å². The fourth-order valence-electron chi connectivity index (χ4n) is 3.22. The number of aromatic nitrogens is 2. The number of hydrogen-bond acceptors (Lipinski definition) is 7. The van der Waals surface area contributed by atoms with Gasteiger partial charge < -0.3 is 10.1 Å². The largest absolute Gasteiger partial charge is 0.497 e. The Bertz CT molecular complexity index is 1300. The molecule has 9 heteroatoms. The normalized spacial score (nSPS) is 14.9. The summed E-state index contributed by atoms with van der Waals surface area (Å²) in [5.74, 6) is 0.882. The molecule has 32 heavy (non-hydrogen) atoms. The third-order valence-corrected chi connectivity index (χ3v) is 6.21. The number of pyridine rings is 1. The molecule has 1 aromatic carbocycles. The van der Waals surface area contributed by atoms with Crippen molar-refractivity contribution >= 4 is 51.7 Å². The van der Waals surface area contributed by atoms with Crippen molar-refractivity contribution in [3.05, 3.63) is 87.7 Å². The highest BCUT2D eigenvalue weighted by Gasteiger charge is 2.32. The van der Waals surface area contributed by atoms with E-state index < -0.39 is 0 Å². The summed E-state index contributed by atoms with van der Waals surface area (Å²) >= 11 is 6.62. The number of hydrogen-bond donors (Lipinski definition) is 1. The Balaban J connectivity index is 1.69. The van der Waals surface area contributed by atoms with Crippen molar-refractivity contribution in [2.45, 2.75) is 6.54 Å². The smallest absolute Gasteiger partial charge is 0.267 e. The number of carbonyl (C=O) groups is 1. The van der Waals surface area contributed by atoms with Crippen LogP contribution in [0.3, 0.4) is 0 Å². The molecule has 3 heterocycles. The summed E-state index contributed by atoms with van der Waals surface area (Å²) in [7, 11) is 1.60. The van der Waals surface area contributed by atoms with E-state index in [1.54, 1.807) is 37.6 Å². The molecule has 0 radical (unpaired) electrons. The first-order chi connectivity index (χ1) is 15.5. The molecule has 1 aliphatic rings. The van der Waals surface area contributed by atoms with E-state index in [-0.39, 0.29) is 11.5 Å². The van der Waals surface area contributed by atoms with Gasteiger partial charge in [-0.25, -0.2) is 4.98 Å². The van der Waals surface area contributed by atoms with Crippen LogP contribution in [0.25, 0.3) is 11.7 Å². The van der Waals surface area contributed by atoms with Crippen LogP contribution in [0.4, 0.5) is 5.82 Å². The van der Waals surface area contributed by atoms with Crippen LogP contribution in [0.15, 0.2) is 71.0 Å². The Morgan fingerprint density at radius 3 is 2.72 bits per heavy atom. The maximum Gasteiger partial charge on any atom is 0.267 e. The van der Waals surface area contributed by atoms with Crippen LogP contribution in [0, 0.1) is 0 Å². The van der Waals surface area contributed by atoms with Gasteiger partial charge in [0.15, 0.2) is 0 Å². The molecule has 2 aromatic heterocycles. The van der Waals surface area contributed by atoms with E-state index in [1.165, 1.54) is 21.1 Å². The number of thioether (sulfide) groups is 1. The first kappa shape index (κ1) is 21.8. The minimum absolute atomic E-state index is 0.247. The van der Waals surface area contributed by atoms with Crippen LogP contribution in [0.2, 0.25) is 0 Å². The van der Waals surface area contributed by atoms with Crippen molar-refractivity contribution in [1.82, 2.24) is 14.3 Å². The first-order valence-corrected chi connectivity index (χ1v) is 11.0. The summed E-state index contributed by atoms with van der Waals surface area (Å²) in [6, 6.07) is 12.8. The van der Waals surface area contributed by atoms with E-state index in [0.29, 0.717) is 39.3 Å². The molecular formula is C23H20N4O3S2. The molecule has 4 rings (SSSR count). The van der Waals surface area contributed by atoms with Crippen molar-refractivity contribution in [3.8, 4) is 5.75 Å². The van der Waals surface area contributed by atoms with Gasteiger partial charge in [0, 0.05) is 12.7 Å². The van der Waals surface area contributed by atoms with E-state index in [9.17, 15) is 9.59 Å². The fraction of sp³-hybridized carbons (Fsp3) is 0.130. The van der Waals surface area contributed by atoms with Crippen molar-refractivity contribution < 1.29 is 9.53 Å². The van der Waals surface area contributed by atoms with Gasteiger partial charge in [-0.3, -0.25) is 18.9 Å². The molecule has 0 bridgehead atoms. The molecule has 1 N–H and O–H groups in total. The molecule has 0 aliphatic carbocycles. The summed E-state index contributed by atoms with van der Waals surface area (Å²) < 4.78 is 7.06. The van der Waals surface area contributed by atoms with Gasteiger partial charge in [-0.15, -0.1) is 6.58 Å². The number of fused-ring (bicyclic) bond motifs is 1. The molecule has 7 nitrogen and oxygen atoms in total. The number of thiocarbonyl (C=S) groups is 1. The van der Waals surface area contributed by atoms with Gasteiger partial charge in [-0.05, 0) is 35.9 Å². The topological polar surface area (TPSA) is 75.9 Å². The zero-order chi connectivity index (χ0) is 22.7. The number of nitrogens with zero attached hydrogens (tertiary/aromatic N) is 3. The van der Waals surface area contributed by atoms with Crippen LogP contribution in [0.5, 0.6) is 5.75 Å². The number of anilines is 1. The van der Waals surface area contributed by atoms with Crippen LogP contribution in [-0.4, -0.2) is 38.2 Å². The van der Waals surface area contributed by atoms with E-state index in [2.05, 4.69) is 16.9 Å². The summed E-state index contributed by atoms with van der Waals surface area (Å²) in [5, 5.41) is 3.09. The van der Waals surface area contributed by atoms with E-state index >= 15 is 0 Å². The SMILES string of the molecule is C=CCNc1nc2ccccn2c(=O)c1/C=C1/SC(=S)N(Cc2ccc(OC)cc2)C1=O. The average Bonchev–Trinajstić information content (AvgIpc) is 3.07. The molecule has 1 saturated heterocycles. The van der Waals surface area contributed by atoms with Crippen LogP contribution >= 0.6 is 24.0 Å². The highest BCUT2D eigenvalue weighted by atomic mass is 32.2. The Kier molecular flexibility index (Phi) is 6.38. The predicted octanol–water partition coefficient (Wildman–Crippen LogP) is 3.70. The van der Waals surface area contributed by atoms with Crippen LogP contribution in [0.1, 0.15) is 11.1 Å². The molecule has 0 spiro atoms. The molecule has 3 aromatic rings. The third kappa shape index (κ3) is 4.30. The molecule has 1 fully saturated rings. The highest BCUT2D eigenvalue weighted by Crippen LogP contribution is 2.34. The Morgan fingerprint density at radius 2 is 2.00 bits per heavy atom. The molecule has 162 valence electrons. The second kappa shape index (κ2) is 9.37. The zero-order valence-electron chi connectivity index (χ0n) is 17.3. The van der Waals surface area contributed by atoms with Gasteiger partial charge in [0.25, 0.3) is 11.5 Å². The number of benzene rings is 1.